The molecule has 12 heteroatoms. The first-order valence-electron chi connectivity index (χ1n) is 20.1. The van der Waals surface area contributed by atoms with E-state index in [1.165, 1.54) is 0 Å². The number of benzene rings is 4. The van der Waals surface area contributed by atoms with E-state index in [9.17, 15) is 19.5 Å². The van der Waals surface area contributed by atoms with Crippen LogP contribution in [-0.4, -0.2) is 98.2 Å². The van der Waals surface area contributed by atoms with Crippen LogP contribution in [0.3, 0.4) is 0 Å². The van der Waals surface area contributed by atoms with Gasteiger partial charge in [0.15, 0.2) is 0 Å². The third-order valence-corrected chi connectivity index (χ3v) is 12.7. The first kappa shape index (κ1) is 37.0. The number of carbonyl (C=O) groups is 3. The van der Waals surface area contributed by atoms with Crippen molar-refractivity contribution < 1.29 is 33.4 Å². The fraction of sp³-hybridized carbons (Fsp3) is 0.400. The molecule has 5 heterocycles. The average molecular weight is 774 g/mol. The number of piperidine rings is 2. The molecule has 0 aromatic heterocycles. The second-order valence-corrected chi connectivity index (χ2v) is 16.1. The summed E-state index contributed by atoms with van der Waals surface area (Å²) in [6, 6.07) is 24.2. The number of carbonyl (C=O) groups excluding carboxylic acids is 3. The number of hydrogen-bond donors (Lipinski definition) is 2. The molecule has 3 atom stereocenters. The highest BCUT2D eigenvalue weighted by atomic mass is 19.1. The van der Waals surface area contributed by atoms with Gasteiger partial charge in [-0.05, 0) is 90.4 Å². The van der Waals surface area contributed by atoms with Crippen molar-refractivity contribution in [2.24, 2.45) is 5.92 Å². The quantitative estimate of drug-likeness (QED) is 0.220. The standard InChI is InChI=1S/C45H48FN5O6/c1-56-34-4-2-3-29(22-34)37-27-57-41-24-33(52)7-9-36(41)43(37)30-5-10-39(38(46)23-30)50-15-13-28(14-16-50)25-48-17-19-49(20-18-48)32-6-8-35-31(21-32)26-51(45(35)55)40-11-12-42(53)47-44(40)54/h2-10,21-24,28,37,40,43,52H,11-20,25-27H2,1H3,(H,47,53,54)/t37-,40?,43-/m1/s1. The van der Waals surface area contributed by atoms with Gasteiger partial charge < -0.3 is 29.3 Å². The number of methoxy groups -OCH3 is 1. The van der Waals surface area contributed by atoms with Crippen LogP contribution in [0.25, 0.3) is 0 Å². The first-order chi connectivity index (χ1) is 27.7. The van der Waals surface area contributed by atoms with Crippen molar-refractivity contribution in [3.8, 4) is 17.2 Å². The zero-order valence-corrected chi connectivity index (χ0v) is 32.2. The zero-order chi connectivity index (χ0) is 39.2. The second kappa shape index (κ2) is 15.4. The van der Waals surface area contributed by atoms with E-state index in [4.69, 9.17) is 9.47 Å². The van der Waals surface area contributed by atoms with Gasteiger partial charge in [-0.25, -0.2) is 4.39 Å². The minimum atomic E-state index is -0.612. The maximum atomic E-state index is 16.2. The molecule has 9 rings (SSSR count). The molecule has 2 N–H and O–H groups in total. The number of hydrogen-bond acceptors (Lipinski definition) is 9. The number of aromatic hydroxyl groups is 1. The van der Waals surface area contributed by atoms with E-state index in [1.807, 2.05) is 42.5 Å². The second-order valence-electron chi connectivity index (χ2n) is 16.1. The topological polar surface area (TPSA) is 115 Å². The summed E-state index contributed by atoms with van der Waals surface area (Å²) in [6.45, 7) is 7.06. The van der Waals surface area contributed by atoms with Gasteiger partial charge in [-0.15, -0.1) is 0 Å². The number of phenolic OH excluding ortho intramolecular Hbond substituents is 1. The Morgan fingerprint density at radius 2 is 1.68 bits per heavy atom. The Morgan fingerprint density at radius 3 is 2.46 bits per heavy atom. The lowest BCUT2D eigenvalue weighted by Crippen LogP contribution is -2.52. The number of rotatable bonds is 8. The van der Waals surface area contributed by atoms with Gasteiger partial charge in [0, 0.05) is 93.5 Å². The zero-order valence-electron chi connectivity index (χ0n) is 32.2. The van der Waals surface area contributed by atoms with Gasteiger partial charge in [0.05, 0.1) is 19.4 Å². The maximum Gasteiger partial charge on any atom is 0.255 e. The van der Waals surface area contributed by atoms with Crippen LogP contribution in [0.15, 0.2) is 78.9 Å². The largest absolute Gasteiger partial charge is 0.508 e. The van der Waals surface area contributed by atoms with Crippen LogP contribution in [-0.2, 0) is 16.1 Å². The number of nitrogens with zero attached hydrogens (tertiary/aromatic N) is 4. The SMILES string of the molecule is COc1cccc([C@H]2COc3cc(O)ccc3[C@H]2c2ccc(N3CCC(CN4CCN(c5ccc6c(c5)CN(C5CCC(=O)NC5=O)C6=O)CC4)CC3)c(F)c2)c1. The number of nitrogens with one attached hydrogen (secondary N) is 1. The fourth-order valence-corrected chi connectivity index (χ4v) is 9.61. The van der Waals surface area contributed by atoms with Crippen molar-refractivity contribution in [3.05, 3.63) is 112 Å². The number of amides is 3. The summed E-state index contributed by atoms with van der Waals surface area (Å²) >= 11 is 0. The monoisotopic (exact) mass is 773 g/mol. The van der Waals surface area contributed by atoms with Gasteiger partial charge in [0.1, 0.15) is 29.1 Å². The summed E-state index contributed by atoms with van der Waals surface area (Å²) in [5.41, 5.74) is 6.12. The van der Waals surface area contributed by atoms with Crippen molar-refractivity contribution in [2.75, 3.05) is 69.3 Å². The summed E-state index contributed by atoms with van der Waals surface area (Å²) in [4.78, 5) is 45.9. The molecule has 0 aliphatic carbocycles. The lowest BCUT2D eigenvalue weighted by Gasteiger charge is -2.40. The molecular formula is C45H48FN5O6. The molecule has 3 saturated heterocycles. The van der Waals surface area contributed by atoms with Crippen molar-refractivity contribution in [2.45, 2.75) is 50.1 Å². The number of imide groups is 1. The molecule has 3 amide bonds. The Bertz CT molecular complexity index is 2200. The Hall–Kier alpha value is -5.62. The minimum Gasteiger partial charge on any atom is -0.508 e. The highest BCUT2D eigenvalue weighted by molar-refractivity contribution is 6.05. The van der Waals surface area contributed by atoms with Gasteiger partial charge in [0.2, 0.25) is 11.8 Å². The molecule has 1 unspecified atom stereocenters. The van der Waals surface area contributed by atoms with Crippen molar-refractivity contribution in [3.63, 3.8) is 0 Å². The molecule has 0 radical (unpaired) electrons. The van der Waals surface area contributed by atoms with Crippen LogP contribution < -0.4 is 24.6 Å². The van der Waals surface area contributed by atoms with Crippen LogP contribution in [0.1, 0.15) is 70.1 Å². The molecule has 4 aromatic rings. The van der Waals surface area contributed by atoms with Gasteiger partial charge >= 0.3 is 0 Å². The Morgan fingerprint density at radius 1 is 0.860 bits per heavy atom. The first-order valence-corrected chi connectivity index (χ1v) is 20.1. The Balaban J connectivity index is 0.802. The molecule has 0 saturated carbocycles. The van der Waals surface area contributed by atoms with E-state index in [-0.39, 0.29) is 41.6 Å². The highest BCUT2D eigenvalue weighted by Crippen LogP contribution is 2.48. The summed E-state index contributed by atoms with van der Waals surface area (Å²) in [5, 5.41) is 12.5. The van der Waals surface area contributed by atoms with Gasteiger partial charge in [-0.3, -0.25) is 24.6 Å². The molecule has 296 valence electrons. The maximum absolute atomic E-state index is 16.2. The van der Waals surface area contributed by atoms with Gasteiger partial charge in [-0.1, -0.05) is 24.3 Å². The van der Waals surface area contributed by atoms with Crippen LogP contribution >= 0.6 is 0 Å². The molecule has 57 heavy (non-hydrogen) atoms. The molecule has 11 nitrogen and oxygen atoms in total. The third kappa shape index (κ3) is 7.27. The molecule has 3 fully saturated rings. The smallest absolute Gasteiger partial charge is 0.255 e. The molecule has 5 aliphatic heterocycles. The van der Waals surface area contributed by atoms with Crippen molar-refractivity contribution in [1.29, 1.82) is 0 Å². The van der Waals surface area contributed by atoms with E-state index in [1.54, 1.807) is 30.2 Å². The summed E-state index contributed by atoms with van der Waals surface area (Å²) < 4.78 is 27.8. The van der Waals surface area contributed by atoms with Crippen LogP contribution in [0.5, 0.6) is 17.2 Å². The Kier molecular flexibility index (Phi) is 9.98. The van der Waals surface area contributed by atoms with Crippen LogP contribution in [0.2, 0.25) is 0 Å². The fourth-order valence-electron chi connectivity index (χ4n) is 9.61. The molecule has 0 bridgehead atoms. The van der Waals surface area contributed by atoms with Crippen molar-refractivity contribution in [1.82, 2.24) is 15.1 Å². The summed E-state index contributed by atoms with van der Waals surface area (Å²) in [7, 11) is 1.65. The van der Waals surface area contributed by atoms with Gasteiger partial charge in [-0.2, -0.15) is 0 Å². The number of piperazine rings is 1. The normalized spacial score (nSPS) is 22.9. The number of ether oxygens (including phenoxy) is 2. The lowest BCUT2D eigenvalue weighted by molar-refractivity contribution is -0.136. The number of phenols is 1. The van der Waals surface area contributed by atoms with E-state index in [0.717, 1.165) is 92.3 Å². The van der Waals surface area contributed by atoms with E-state index in [0.29, 0.717) is 42.5 Å². The Labute approximate surface area is 331 Å². The van der Waals surface area contributed by atoms with E-state index >= 15 is 4.39 Å². The van der Waals surface area contributed by atoms with Crippen LogP contribution in [0, 0.1) is 11.7 Å². The van der Waals surface area contributed by atoms with Crippen LogP contribution in [0.4, 0.5) is 15.8 Å². The lowest BCUT2D eigenvalue weighted by atomic mass is 9.75. The van der Waals surface area contributed by atoms with Gasteiger partial charge in [0.25, 0.3) is 5.91 Å². The predicted octanol–water partition coefficient (Wildman–Crippen LogP) is 5.65. The molecule has 0 spiro atoms. The average Bonchev–Trinajstić information content (AvgIpc) is 3.55. The number of anilines is 2. The number of fused-ring (bicyclic) bond motifs is 2. The predicted molar refractivity (Wildman–Crippen MR) is 214 cm³/mol. The summed E-state index contributed by atoms with van der Waals surface area (Å²) in [5.74, 6) is 0.760. The summed E-state index contributed by atoms with van der Waals surface area (Å²) in [6.07, 6.45) is 2.60. The minimum absolute atomic E-state index is 0.0723. The van der Waals surface area contributed by atoms with E-state index < -0.39 is 11.9 Å². The third-order valence-electron chi connectivity index (χ3n) is 12.7. The molecule has 5 aliphatic rings. The number of halogens is 1. The molecular weight excluding hydrogens is 726 g/mol. The van der Waals surface area contributed by atoms with Crippen molar-refractivity contribution >= 4 is 29.1 Å². The molecule has 4 aromatic carbocycles. The van der Waals surface area contributed by atoms with E-state index in [2.05, 4.69) is 38.2 Å². The highest BCUT2D eigenvalue weighted by Gasteiger charge is 2.40.